The van der Waals surface area contributed by atoms with Crippen LogP contribution in [0.4, 0.5) is 5.69 Å². The van der Waals surface area contributed by atoms with Crippen LogP contribution in [0.1, 0.15) is 37.7 Å². The highest BCUT2D eigenvalue weighted by molar-refractivity contribution is 9.10. The molecular weight excluding hydrogens is 352 g/mol. The number of anilines is 1. The van der Waals surface area contributed by atoms with Gasteiger partial charge in [-0.2, -0.15) is 0 Å². The Kier molecular flexibility index (Phi) is 4.57. The molecule has 2 fully saturated rings. The normalized spacial score (nSPS) is 27.7. The van der Waals surface area contributed by atoms with Crippen molar-refractivity contribution in [3.05, 3.63) is 27.2 Å². The fourth-order valence-electron chi connectivity index (χ4n) is 3.55. The topological polar surface area (TPSA) is 41.1 Å². The van der Waals surface area contributed by atoms with Crippen molar-refractivity contribution < 1.29 is 4.79 Å². The van der Waals surface area contributed by atoms with Crippen LogP contribution < -0.4 is 10.6 Å². The van der Waals surface area contributed by atoms with Gasteiger partial charge in [0.05, 0.1) is 5.69 Å². The lowest BCUT2D eigenvalue weighted by Crippen LogP contribution is -2.39. The number of aryl methyl sites for hydroxylation is 1. The van der Waals surface area contributed by atoms with Gasteiger partial charge >= 0.3 is 0 Å². The van der Waals surface area contributed by atoms with Gasteiger partial charge in [0, 0.05) is 28.0 Å². The monoisotopic (exact) mass is 370 g/mol. The Morgan fingerprint density at radius 3 is 2.71 bits per heavy atom. The molecule has 2 saturated heterocycles. The second-order valence-corrected chi connectivity index (χ2v) is 7.57. The number of hydrogen-bond acceptors (Lipinski definition) is 2. The minimum Gasteiger partial charge on any atom is -0.325 e. The molecule has 3 rings (SSSR count). The molecule has 0 aliphatic carbocycles. The molecule has 2 atom stereocenters. The predicted octanol–water partition coefficient (Wildman–Crippen LogP) is 4.27. The average molecular weight is 372 g/mol. The van der Waals surface area contributed by atoms with E-state index in [-0.39, 0.29) is 5.91 Å². The van der Waals surface area contributed by atoms with Crippen LogP contribution in [0.5, 0.6) is 0 Å². The molecule has 2 heterocycles. The molecule has 114 valence electrons. The lowest BCUT2D eigenvalue weighted by molar-refractivity contribution is -0.117. The highest BCUT2D eigenvalue weighted by Crippen LogP contribution is 2.33. The second kappa shape index (κ2) is 6.27. The first-order valence-electron chi connectivity index (χ1n) is 7.53. The number of carbonyl (C=O) groups excluding carboxylic acids is 1. The van der Waals surface area contributed by atoms with Crippen molar-refractivity contribution in [1.82, 2.24) is 5.32 Å². The first-order valence-corrected chi connectivity index (χ1v) is 8.70. The maximum Gasteiger partial charge on any atom is 0.224 e. The summed E-state index contributed by atoms with van der Waals surface area (Å²) in [4.78, 5) is 12.3. The predicted molar refractivity (Wildman–Crippen MR) is 89.8 cm³/mol. The molecule has 21 heavy (non-hydrogen) atoms. The van der Waals surface area contributed by atoms with Crippen LogP contribution in [0, 0.1) is 12.8 Å². The van der Waals surface area contributed by atoms with Gasteiger partial charge in [0.2, 0.25) is 5.91 Å². The van der Waals surface area contributed by atoms with Crippen LogP contribution in [0.25, 0.3) is 0 Å². The number of hydrogen-bond donors (Lipinski definition) is 2. The molecule has 2 N–H and O–H groups in total. The van der Waals surface area contributed by atoms with Crippen LogP contribution in [0.15, 0.2) is 16.6 Å². The Bertz CT molecular complexity index is 551. The van der Waals surface area contributed by atoms with Gasteiger partial charge in [-0.15, -0.1) is 0 Å². The number of nitrogens with one attached hydrogen (secondary N) is 2. The zero-order valence-electron chi connectivity index (χ0n) is 12.1. The van der Waals surface area contributed by atoms with E-state index in [0.29, 0.717) is 29.4 Å². The maximum atomic E-state index is 12.3. The van der Waals surface area contributed by atoms with Crippen LogP contribution in [-0.4, -0.2) is 18.0 Å². The zero-order valence-corrected chi connectivity index (χ0v) is 14.4. The van der Waals surface area contributed by atoms with Crippen LogP contribution in [0.2, 0.25) is 5.02 Å². The summed E-state index contributed by atoms with van der Waals surface area (Å²) >= 11 is 9.61. The highest BCUT2D eigenvalue weighted by atomic mass is 79.9. The van der Waals surface area contributed by atoms with E-state index < -0.39 is 0 Å². The van der Waals surface area contributed by atoms with Crippen molar-refractivity contribution in [3.63, 3.8) is 0 Å². The largest absolute Gasteiger partial charge is 0.325 e. The maximum absolute atomic E-state index is 12.3. The van der Waals surface area contributed by atoms with Gasteiger partial charge in [0.25, 0.3) is 0 Å². The van der Waals surface area contributed by atoms with E-state index in [1.807, 2.05) is 19.1 Å². The summed E-state index contributed by atoms with van der Waals surface area (Å²) in [6.07, 6.45) is 5.38. The number of rotatable bonds is 3. The van der Waals surface area contributed by atoms with Crippen molar-refractivity contribution in [1.29, 1.82) is 0 Å². The summed E-state index contributed by atoms with van der Waals surface area (Å²) in [5.41, 5.74) is 1.75. The van der Waals surface area contributed by atoms with E-state index in [1.165, 1.54) is 12.8 Å². The SMILES string of the molecule is Cc1cc(Br)c(NC(=O)CC2CC3CCC(C2)N3)cc1Cl. The molecule has 1 aromatic rings. The minimum absolute atomic E-state index is 0.0851. The Morgan fingerprint density at radius 2 is 2.05 bits per heavy atom. The van der Waals surface area contributed by atoms with Crippen molar-refractivity contribution in [2.45, 2.75) is 51.1 Å². The third kappa shape index (κ3) is 3.61. The molecule has 2 aliphatic heterocycles. The molecule has 2 bridgehead atoms. The molecule has 3 nitrogen and oxygen atoms in total. The van der Waals surface area contributed by atoms with E-state index in [4.69, 9.17) is 11.6 Å². The summed E-state index contributed by atoms with van der Waals surface area (Å²) in [5, 5.41) is 7.27. The van der Waals surface area contributed by atoms with Gasteiger partial charge < -0.3 is 10.6 Å². The number of fused-ring (bicyclic) bond motifs is 2. The van der Waals surface area contributed by atoms with Gasteiger partial charge in [-0.3, -0.25) is 4.79 Å². The molecule has 2 unspecified atom stereocenters. The summed E-state index contributed by atoms with van der Waals surface area (Å²) in [6.45, 7) is 1.95. The number of piperidine rings is 1. The molecule has 0 spiro atoms. The number of amides is 1. The summed E-state index contributed by atoms with van der Waals surface area (Å²) < 4.78 is 0.878. The molecule has 1 aromatic carbocycles. The second-order valence-electron chi connectivity index (χ2n) is 6.31. The van der Waals surface area contributed by atoms with E-state index in [0.717, 1.165) is 28.6 Å². The molecule has 0 radical (unpaired) electrons. The molecule has 1 amide bonds. The van der Waals surface area contributed by atoms with Gasteiger partial charge in [-0.05, 0) is 72.2 Å². The van der Waals surface area contributed by atoms with Crippen LogP contribution >= 0.6 is 27.5 Å². The average Bonchev–Trinajstić information content (AvgIpc) is 2.75. The number of carbonyl (C=O) groups is 1. The Labute approximate surface area is 139 Å². The first-order chi connectivity index (χ1) is 10.0. The summed E-state index contributed by atoms with van der Waals surface area (Å²) in [7, 11) is 0. The van der Waals surface area contributed by atoms with Gasteiger partial charge in [0.15, 0.2) is 0 Å². The highest BCUT2D eigenvalue weighted by Gasteiger charge is 2.34. The Hall–Kier alpha value is -0.580. The molecule has 0 saturated carbocycles. The molecule has 5 heteroatoms. The fraction of sp³-hybridized carbons (Fsp3) is 0.562. The van der Waals surface area contributed by atoms with E-state index in [2.05, 4.69) is 26.6 Å². The molecule has 0 aromatic heterocycles. The lowest BCUT2D eigenvalue weighted by atomic mass is 9.89. The zero-order chi connectivity index (χ0) is 15.0. The molecule has 2 aliphatic rings. The number of halogens is 2. The van der Waals surface area contributed by atoms with Gasteiger partial charge in [-0.1, -0.05) is 11.6 Å². The third-order valence-electron chi connectivity index (χ3n) is 4.57. The Balaban J connectivity index is 1.60. The van der Waals surface area contributed by atoms with E-state index in [1.54, 1.807) is 0 Å². The Morgan fingerprint density at radius 1 is 1.38 bits per heavy atom. The van der Waals surface area contributed by atoms with E-state index in [9.17, 15) is 4.79 Å². The van der Waals surface area contributed by atoms with Crippen molar-refractivity contribution in [2.75, 3.05) is 5.32 Å². The van der Waals surface area contributed by atoms with Crippen molar-refractivity contribution in [3.8, 4) is 0 Å². The third-order valence-corrected chi connectivity index (χ3v) is 5.63. The lowest BCUT2D eigenvalue weighted by Gasteiger charge is -2.28. The minimum atomic E-state index is 0.0851. The standard InChI is InChI=1S/C16H20BrClN2O/c1-9-4-13(17)15(8-14(9)18)20-16(21)7-10-5-11-2-3-12(6-10)19-11/h4,8,10-12,19H,2-3,5-7H2,1H3,(H,20,21). The van der Waals surface area contributed by atoms with E-state index >= 15 is 0 Å². The smallest absolute Gasteiger partial charge is 0.224 e. The van der Waals surface area contributed by atoms with Crippen LogP contribution in [0.3, 0.4) is 0 Å². The summed E-state index contributed by atoms with van der Waals surface area (Å²) in [5.74, 6) is 0.588. The fourth-order valence-corrected chi connectivity index (χ4v) is 4.27. The summed E-state index contributed by atoms with van der Waals surface area (Å²) in [6, 6.07) is 5.00. The van der Waals surface area contributed by atoms with Crippen molar-refractivity contribution in [2.24, 2.45) is 5.92 Å². The van der Waals surface area contributed by atoms with Crippen LogP contribution in [-0.2, 0) is 4.79 Å². The number of benzene rings is 1. The molecular formula is C16H20BrClN2O. The van der Waals surface area contributed by atoms with Gasteiger partial charge in [-0.25, -0.2) is 0 Å². The first kappa shape index (κ1) is 15.3. The van der Waals surface area contributed by atoms with Gasteiger partial charge in [0.1, 0.15) is 0 Å². The van der Waals surface area contributed by atoms with Crippen molar-refractivity contribution >= 4 is 39.1 Å². The quantitative estimate of drug-likeness (QED) is 0.833.